The zero-order chi connectivity index (χ0) is 7.84. The van der Waals surface area contributed by atoms with Gasteiger partial charge in [-0.2, -0.15) is 0 Å². The second-order valence-electron chi connectivity index (χ2n) is 2.02. The molecule has 0 spiro atoms. The van der Waals surface area contributed by atoms with Crippen molar-refractivity contribution in [2.75, 3.05) is 0 Å². The number of pyridine rings is 1. The highest BCUT2D eigenvalue weighted by atomic mass is 32.1. The van der Waals surface area contributed by atoms with E-state index in [1.165, 1.54) is 6.07 Å². The highest BCUT2D eigenvalue weighted by molar-refractivity contribution is 7.71. The first-order valence-corrected chi connectivity index (χ1v) is 3.31. The van der Waals surface area contributed by atoms with Crippen molar-refractivity contribution in [1.82, 2.24) is 9.97 Å². The van der Waals surface area contributed by atoms with E-state index in [1.54, 1.807) is 0 Å². The Bertz CT molecular complexity index is 447. The van der Waals surface area contributed by atoms with E-state index in [4.69, 9.17) is 4.42 Å². The van der Waals surface area contributed by atoms with Gasteiger partial charge in [-0.05, 0) is 12.2 Å². The van der Waals surface area contributed by atoms with Crippen molar-refractivity contribution >= 4 is 23.4 Å². The number of halogens is 1. The summed E-state index contributed by atoms with van der Waals surface area (Å²) >= 11 is 4.67. The molecule has 5 heteroatoms. The first-order valence-electron chi connectivity index (χ1n) is 2.90. The highest BCUT2D eigenvalue weighted by Crippen LogP contribution is 2.10. The molecule has 0 amide bonds. The number of nitrogens with one attached hydrogen (secondary N) is 1. The predicted molar refractivity (Wildman–Crippen MR) is 39.2 cm³/mol. The van der Waals surface area contributed by atoms with E-state index in [9.17, 15) is 4.39 Å². The predicted octanol–water partition coefficient (Wildman–Crippen LogP) is 2.02. The molecular weight excluding hydrogens is 167 g/mol. The molecule has 11 heavy (non-hydrogen) atoms. The van der Waals surface area contributed by atoms with E-state index in [0.717, 1.165) is 6.20 Å². The molecule has 0 aliphatic heterocycles. The van der Waals surface area contributed by atoms with E-state index in [-0.39, 0.29) is 4.84 Å². The average Bonchev–Trinajstić information content (AvgIpc) is 2.27. The molecule has 2 rings (SSSR count). The summed E-state index contributed by atoms with van der Waals surface area (Å²) in [4.78, 5) is 6.51. The van der Waals surface area contributed by atoms with E-state index in [2.05, 4.69) is 22.2 Å². The van der Waals surface area contributed by atoms with Crippen LogP contribution in [0.2, 0.25) is 0 Å². The zero-order valence-electron chi connectivity index (χ0n) is 5.30. The van der Waals surface area contributed by atoms with Gasteiger partial charge in [0.2, 0.25) is 5.71 Å². The van der Waals surface area contributed by atoms with Crippen LogP contribution in [0.15, 0.2) is 16.7 Å². The average molecular weight is 170 g/mol. The fourth-order valence-corrected chi connectivity index (χ4v) is 1.01. The number of hydrogen-bond donors (Lipinski definition) is 1. The van der Waals surface area contributed by atoms with Crippen LogP contribution in [0.3, 0.4) is 0 Å². The Labute approximate surface area is 65.9 Å². The Morgan fingerprint density at radius 3 is 3.27 bits per heavy atom. The minimum absolute atomic E-state index is 0.207. The molecule has 0 saturated carbocycles. The molecule has 2 aromatic rings. The molecule has 3 nitrogen and oxygen atoms in total. The molecule has 2 aromatic heterocycles. The van der Waals surface area contributed by atoms with Gasteiger partial charge in [-0.15, -0.1) is 0 Å². The van der Waals surface area contributed by atoms with Gasteiger partial charge in [-0.3, -0.25) is 0 Å². The largest absolute Gasteiger partial charge is 0.410 e. The summed E-state index contributed by atoms with van der Waals surface area (Å²) < 4.78 is 17.4. The molecule has 1 N–H and O–H groups in total. The normalized spacial score (nSPS) is 10.6. The summed E-state index contributed by atoms with van der Waals surface area (Å²) in [6, 6.07) is 1.28. The monoisotopic (exact) mass is 170 g/mol. The molecular formula is C6H3FN2OS. The van der Waals surface area contributed by atoms with Gasteiger partial charge in [0.05, 0.1) is 6.20 Å². The van der Waals surface area contributed by atoms with E-state index in [1.807, 2.05) is 0 Å². The lowest BCUT2D eigenvalue weighted by Crippen LogP contribution is -1.77. The van der Waals surface area contributed by atoms with Crippen LogP contribution in [0.5, 0.6) is 0 Å². The van der Waals surface area contributed by atoms with Crippen LogP contribution < -0.4 is 0 Å². The van der Waals surface area contributed by atoms with Gasteiger partial charge in [0, 0.05) is 6.07 Å². The van der Waals surface area contributed by atoms with Gasteiger partial charge in [0.1, 0.15) is 11.3 Å². The first-order chi connectivity index (χ1) is 5.25. The summed E-state index contributed by atoms with van der Waals surface area (Å²) in [6.45, 7) is 0. The first kappa shape index (κ1) is 6.48. The van der Waals surface area contributed by atoms with Gasteiger partial charge in [-0.25, -0.2) is 9.37 Å². The molecule has 0 aliphatic carbocycles. The van der Waals surface area contributed by atoms with Crippen molar-refractivity contribution in [3.05, 3.63) is 22.9 Å². The number of aromatic nitrogens is 2. The highest BCUT2D eigenvalue weighted by Gasteiger charge is 2.00. The van der Waals surface area contributed by atoms with Gasteiger partial charge in [0.25, 0.3) is 4.84 Å². The number of aromatic amines is 1. The lowest BCUT2D eigenvalue weighted by molar-refractivity contribution is 0.568. The fraction of sp³-hybridized carbons (Fsp3) is 0. The molecule has 0 atom stereocenters. The molecule has 56 valence electrons. The van der Waals surface area contributed by atoms with Crippen molar-refractivity contribution in [3.8, 4) is 0 Å². The maximum atomic E-state index is 12.5. The van der Waals surface area contributed by atoms with Crippen LogP contribution in [-0.2, 0) is 0 Å². The summed E-state index contributed by atoms with van der Waals surface area (Å²) in [5.41, 5.74) is 0.811. The van der Waals surface area contributed by atoms with Crippen LogP contribution in [0.4, 0.5) is 4.39 Å². The number of H-pyrrole nitrogens is 1. The van der Waals surface area contributed by atoms with E-state index < -0.39 is 5.82 Å². The SMILES string of the molecule is Fc1cnc2oc(=S)[nH]c2c1. The van der Waals surface area contributed by atoms with Crippen molar-refractivity contribution in [2.45, 2.75) is 0 Å². The number of fused-ring (bicyclic) bond motifs is 1. The second kappa shape index (κ2) is 2.13. The lowest BCUT2D eigenvalue weighted by atomic mass is 10.4. The van der Waals surface area contributed by atoms with E-state index >= 15 is 0 Å². The zero-order valence-corrected chi connectivity index (χ0v) is 6.11. The molecule has 0 saturated heterocycles. The summed E-state index contributed by atoms with van der Waals surface area (Å²) in [5, 5.41) is 0. The second-order valence-corrected chi connectivity index (χ2v) is 2.39. The van der Waals surface area contributed by atoms with Crippen LogP contribution >= 0.6 is 12.2 Å². The van der Waals surface area contributed by atoms with Crippen LogP contribution in [0.1, 0.15) is 0 Å². The van der Waals surface area contributed by atoms with Gasteiger partial charge in [0.15, 0.2) is 0 Å². The Kier molecular flexibility index (Phi) is 1.25. The standard InChI is InChI=1S/C6H3FN2OS/c7-3-1-4-5(8-2-3)10-6(11)9-4/h1-2H,(H,9,11). The van der Waals surface area contributed by atoms with Crippen LogP contribution in [0.25, 0.3) is 11.2 Å². The van der Waals surface area contributed by atoms with Gasteiger partial charge < -0.3 is 9.40 Å². The third kappa shape index (κ3) is 1.03. The number of hydrogen-bond acceptors (Lipinski definition) is 3. The lowest BCUT2D eigenvalue weighted by Gasteiger charge is -1.84. The van der Waals surface area contributed by atoms with Crippen LogP contribution in [-0.4, -0.2) is 9.97 Å². The van der Waals surface area contributed by atoms with Crippen molar-refractivity contribution in [1.29, 1.82) is 0 Å². The topological polar surface area (TPSA) is 41.8 Å². The fourth-order valence-electron chi connectivity index (χ4n) is 0.821. The molecule has 0 bridgehead atoms. The Morgan fingerprint density at radius 1 is 1.64 bits per heavy atom. The quantitative estimate of drug-likeness (QED) is 0.615. The molecule has 2 heterocycles. The summed E-state index contributed by atoms with van der Waals surface area (Å²) in [7, 11) is 0. The summed E-state index contributed by atoms with van der Waals surface area (Å²) in [6.07, 6.45) is 1.08. The summed E-state index contributed by atoms with van der Waals surface area (Å²) in [5.74, 6) is -0.412. The molecule has 0 unspecified atom stereocenters. The minimum atomic E-state index is -0.412. The van der Waals surface area contributed by atoms with Crippen molar-refractivity contribution in [2.24, 2.45) is 0 Å². The Balaban J connectivity index is 2.92. The molecule has 0 radical (unpaired) electrons. The van der Waals surface area contributed by atoms with Gasteiger partial charge in [-0.1, -0.05) is 0 Å². The van der Waals surface area contributed by atoms with Gasteiger partial charge >= 0.3 is 0 Å². The third-order valence-corrected chi connectivity index (χ3v) is 1.43. The number of nitrogens with zero attached hydrogens (tertiary/aromatic N) is 1. The smallest absolute Gasteiger partial charge is 0.268 e. The Hall–Kier alpha value is -1.23. The van der Waals surface area contributed by atoms with E-state index in [0.29, 0.717) is 11.2 Å². The Morgan fingerprint density at radius 2 is 2.45 bits per heavy atom. The number of oxazole rings is 1. The number of rotatable bonds is 0. The van der Waals surface area contributed by atoms with Crippen molar-refractivity contribution in [3.63, 3.8) is 0 Å². The molecule has 0 aromatic carbocycles. The maximum absolute atomic E-state index is 12.5. The maximum Gasteiger partial charge on any atom is 0.268 e. The minimum Gasteiger partial charge on any atom is -0.410 e. The van der Waals surface area contributed by atoms with Crippen molar-refractivity contribution < 1.29 is 8.81 Å². The molecule has 0 fully saturated rings. The third-order valence-electron chi connectivity index (χ3n) is 1.24. The molecule has 0 aliphatic rings. The van der Waals surface area contributed by atoms with Crippen LogP contribution in [0, 0.1) is 10.7 Å².